The van der Waals surface area contributed by atoms with E-state index in [4.69, 9.17) is 11.6 Å². The molecule has 7 nitrogen and oxygen atoms in total. The summed E-state index contributed by atoms with van der Waals surface area (Å²) in [5, 5.41) is 7.87. The molecule has 0 bridgehead atoms. The second-order valence-corrected chi connectivity index (χ2v) is 13.2. The van der Waals surface area contributed by atoms with Gasteiger partial charge in [0.1, 0.15) is 11.5 Å². The van der Waals surface area contributed by atoms with E-state index in [0.29, 0.717) is 29.1 Å². The minimum atomic E-state index is -2.62. The number of likely N-dealkylation sites (tertiary alicyclic amines) is 2. The maximum absolute atomic E-state index is 13.9. The summed E-state index contributed by atoms with van der Waals surface area (Å²) in [6.45, 7) is 12.1. The molecule has 1 amide bonds. The van der Waals surface area contributed by atoms with Crippen LogP contribution in [0, 0.1) is 11.7 Å². The van der Waals surface area contributed by atoms with Crippen molar-refractivity contribution < 1.29 is 18.0 Å². The lowest BCUT2D eigenvalue weighted by molar-refractivity contribution is -0.136. The third-order valence-corrected chi connectivity index (χ3v) is 8.78. The van der Waals surface area contributed by atoms with Crippen molar-refractivity contribution in [2.24, 2.45) is 16.1 Å². The lowest BCUT2D eigenvalue weighted by Gasteiger charge is -2.47. The third-order valence-electron chi connectivity index (χ3n) is 7.13. The summed E-state index contributed by atoms with van der Waals surface area (Å²) in [7, 11) is 0. The third kappa shape index (κ3) is 8.70. The van der Waals surface area contributed by atoms with Gasteiger partial charge in [-0.15, -0.1) is 0 Å². The van der Waals surface area contributed by atoms with Crippen molar-refractivity contribution in [3.05, 3.63) is 58.6 Å². The molecular formula is C30H38ClF3N6OS. The van der Waals surface area contributed by atoms with Crippen LogP contribution < -0.4 is 4.31 Å². The van der Waals surface area contributed by atoms with Crippen LogP contribution in [0.4, 0.5) is 18.9 Å². The second-order valence-electron chi connectivity index (χ2n) is 11.4. The predicted molar refractivity (Wildman–Crippen MR) is 165 cm³/mol. The maximum atomic E-state index is 13.9. The molecule has 42 heavy (non-hydrogen) atoms. The highest BCUT2D eigenvalue weighted by atomic mass is 35.5. The first kappa shape index (κ1) is 32.3. The van der Waals surface area contributed by atoms with E-state index in [-0.39, 0.29) is 23.1 Å². The molecule has 0 aliphatic carbocycles. The molecule has 2 fully saturated rings. The number of pyridine rings is 1. The van der Waals surface area contributed by atoms with Gasteiger partial charge in [0, 0.05) is 55.2 Å². The van der Waals surface area contributed by atoms with Gasteiger partial charge >= 0.3 is 0 Å². The van der Waals surface area contributed by atoms with Crippen LogP contribution in [0.15, 0.2) is 46.7 Å². The summed E-state index contributed by atoms with van der Waals surface area (Å²) in [6.07, 6.45) is 1.00. The van der Waals surface area contributed by atoms with E-state index in [2.05, 4.69) is 45.2 Å². The molecule has 0 spiro atoms. The van der Waals surface area contributed by atoms with Gasteiger partial charge in [0.25, 0.3) is 6.43 Å². The van der Waals surface area contributed by atoms with Crippen LogP contribution in [0.2, 0.25) is 5.02 Å². The lowest BCUT2D eigenvalue weighted by Crippen LogP contribution is -2.62. The number of carbonyl (C=O) groups excluding carboxylic acids is 1. The average molecular weight is 623 g/mol. The van der Waals surface area contributed by atoms with Crippen molar-refractivity contribution in [2.45, 2.75) is 71.2 Å². The van der Waals surface area contributed by atoms with Crippen molar-refractivity contribution in [2.75, 3.05) is 30.5 Å². The highest BCUT2D eigenvalue weighted by Gasteiger charge is 2.35. The normalized spacial score (nSPS) is 18.0. The molecule has 4 heterocycles. The number of hydrogen-bond donors (Lipinski definition) is 0. The highest BCUT2D eigenvalue weighted by molar-refractivity contribution is 8.01. The van der Waals surface area contributed by atoms with E-state index in [9.17, 15) is 18.0 Å². The van der Waals surface area contributed by atoms with E-state index in [1.807, 2.05) is 17.0 Å². The SMILES string of the molecule is CC(=O)N1CC(N2CCC(SN(Cc3ccc(C4=NN=C(C(F)F)C4)cn3)c3ccc(F)c(Cl)c3)CC2)C1.CC(C)C. The molecule has 12 heteroatoms. The molecule has 2 aromatic rings. The Hall–Kier alpha value is -2.63. The zero-order chi connectivity index (χ0) is 30.4. The minimum absolute atomic E-state index is 0.0150. The Kier molecular flexibility index (Phi) is 11.3. The number of aromatic nitrogens is 1. The monoisotopic (exact) mass is 622 g/mol. The van der Waals surface area contributed by atoms with Crippen LogP contribution in [0.5, 0.6) is 0 Å². The highest BCUT2D eigenvalue weighted by Crippen LogP contribution is 2.35. The van der Waals surface area contributed by atoms with Crippen LogP contribution in [0.1, 0.15) is 58.2 Å². The number of piperidine rings is 1. The fraction of sp³-hybridized carbons (Fsp3) is 0.533. The van der Waals surface area contributed by atoms with E-state index in [0.717, 1.165) is 56.3 Å². The van der Waals surface area contributed by atoms with Crippen molar-refractivity contribution in [1.29, 1.82) is 0 Å². The summed E-state index contributed by atoms with van der Waals surface area (Å²) in [4.78, 5) is 20.4. The van der Waals surface area contributed by atoms with Crippen LogP contribution >= 0.6 is 23.5 Å². The molecule has 5 rings (SSSR count). The summed E-state index contributed by atoms with van der Waals surface area (Å²) < 4.78 is 41.8. The molecule has 228 valence electrons. The first-order valence-electron chi connectivity index (χ1n) is 14.3. The summed E-state index contributed by atoms with van der Waals surface area (Å²) in [5.41, 5.74) is 2.44. The number of carbonyl (C=O) groups is 1. The number of hydrogen-bond acceptors (Lipinski definition) is 7. The fourth-order valence-electron chi connectivity index (χ4n) is 4.78. The number of rotatable bonds is 8. The van der Waals surface area contributed by atoms with Crippen molar-refractivity contribution in [3.63, 3.8) is 0 Å². The number of amides is 1. The quantitative estimate of drug-likeness (QED) is 0.307. The number of halogens is 4. The van der Waals surface area contributed by atoms with Gasteiger partial charge in [0.2, 0.25) is 5.91 Å². The molecule has 3 aliphatic heterocycles. The van der Waals surface area contributed by atoms with Crippen molar-refractivity contribution >= 4 is 46.6 Å². The van der Waals surface area contributed by atoms with Crippen LogP contribution in [0.3, 0.4) is 0 Å². The Morgan fingerprint density at radius 1 is 1.12 bits per heavy atom. The predicted octanol–water partition coefficient (Wildman–Crippen LogP) is 6.70. The topological polar surface area (TPSA) is 64.4 Å². The van der Waals surface area contributed by atoms with E-state index >= 15 is 0 Å². The first-order valence-corrected chi connectivity index (χ1v) is 15.5. The number of nitrogens with zero attached hydrogens (tertiary/aromatic N) is 6. The molecule has 0 unspecified atom stereocenters. The Morgan fingerprint density at radius 2 is 1.81 bits per heavy atom. The first-order chi connectivity index (χ1) is 20.0. The molecule has 0 radical (unpaired) electrons. The summed E-state index contributed by atoms with van der Waals surface area (Å²) in [6, 6.07) is 8.78. The lowest BCUT2D eigenvalue weighted by atomic mass is 10.0. The number of benzene rings is 1. The van der Waals surface area contributed by atoms with Crippen molar-refractivity contribution in [1.82, 2.24) is 14.8 Å². The van der Waals surface area contributed by atoms with Crippen LogP contribution in [-0.4, -0.2) is 76.0 Å². The van der Waals surface area contributed by atoms with Gasteiger partial charge < -0.3 is 9.21 Å². The number of alkyl halides is 2. The largest absolute Gasteiger partial charge is 0.340 e. The molecule has 3 aliphatic rings. The standard InChI is InChI=1S/C26H28ClF3N6OS.C4H10/c1-16(37)35-14-20(15-35)34-8-6-21(7-9-34)38-36(19-4-5-23(28)22(27)10-19)13-18-3-2-17(12-31-18)24-11-25(26(29)30)33-32-24;1-4(2)3/h2-5,10,12,20-21,26H,6-9,11,13-15H2,1H3;4H,1-3H3. The Bertz CT molecular complexity index is 1280. The maximum Gasteiger partial charge on any atom is 0.278 e. The smallest absolute Gasteiger partial charge is 0.278 e. The number of anilines is 1. The molecule has 2 saturated heterocycles. The van der Waals surface area contributed by atoms with Gasteiger partial charge in [-0.2, -0.15) is 10.2 Å². The van der Waals surface area contributed by atoms with E-state index in [1.165, 1.54) is 6.07 Å². The molecule has 0 saturated carbocycles. The Labute approximate surface area is 255 Å². The Morgan fingerprint density at radius 3 is 2.36 bits per heavy atom. The fourth-order valence-corrected chi connectivity index (χ4v) is 6.18. The summed E-state index contributed by atoms with van der Waals surface area (Å²) >= 11 is 7.80. The molecular weight excluding hydrogens is 585 g/mol. The van der Waals surface area contributed by atoms with Crippen LogP contribution in [0.25, 0.3) is 0 Å². The van der Waals surface area contributed by atoms with E-state index < -0.39 is 12.2 Å². The summed E-state index contributed by atoms with van der Waals surface area (Å²) in [5.74, 6) is 0.489. The zero-order valence-corrected chi connectivity index (χ0v) is 26.0. The van der Waals surface area contributed by atoms with Gasteiger partial charge in [-0.05, 0) is 74.1 Å². The average Bonchev–Trinajstić information content (AvgIpc) is 3.41. The second kappa shape index (κ2) is 14.7. The molecule has 1 aromatic carbocycles. The van der Waals surface area contributed by atoms with Gasteiger partial charge in [0.05, 0.1) is 23.0 Å². The van der Waals surface area contributed by atoms with Gasteiger partial charge in [-0.25, -0.2) is 13.2 Å². The minimum Gasteiger partial charge on any atom is -0.340 e. The zero-order valence-electron chi connectivity index (χ0n) is 24.4. The van der Waals surface area contributed by atoms with Gasteiger partial charge in [-0.3, -0.25) is 14.7 Å². The van der Waals surface area contributed by atoms with Gasteiger partial charge in [0.15, 0.2) is 0 Å². The Balaban J connectivity index is 0.000000952. The molecule has 0 N–H and O–H groups in total. The van der Waals surface area contributed by atoms with E-state index in [1.54, 1.807) is 37.2 Å². The van der Waals surface area contributed by atoms with Gasteiger partial charge in [-0.1, -0.05) is 32.4 Å². The molecule has 0 atom stereocenters. The molecule has 1 aromatic heterocycles. The van der Waals surface area contributed by atoms with Crippen LogP contribution in [-0.2, 0) is 11.3 Å². The van der Waals surface area contributed by atoms with Crippen molar-refractivity contribution in [3.8, 4) is 0 Å².